The quantitative estimate of drug-likeness (QED) is 0.154. The number of aliphatic hydroxyl groups excluding tert-OH is 1. The summed E-state index contributed by atoms with van der Waals surface area (Å²) >= 11 is 0. The zero-order valence-corrected chi connectivity index (χ0v) is 27.2. The second-order valence-corrected chi connectivity index (χ2v) is 16.9. The molecule has 1 N–H and O–H groups in total. The number of hydrogen-bond donors (Lipinski definition) is 1. The van der Waals surface area contributed by atoms with Gasteiger partial charge in [0.25, 0.3) is 8.32 Å². The number of esters is 2. The molecule has 0 aliphatic rings. The van der Waals surface area contributed by atoms with Crippen LogP contribution >= 0.6 is 0 Å². The highest BCUT2D eigenvalue weighted by Crippen LogP contribution is 2.36. The largest absolute Gasteiger partial charge is 0.459 e. The lowest BCUT2D eigenvalue weighted by Crippen LogP contribution is -2.66. The molecule has 0 fully saturated rings. The first-order chi connectivity index (χ1) is 20.3. The van der Waals surface area contributed by atoms with Crippen LogP contribution in [0.1, 0.15) is 59.9 Å². The van der Waals surface area contributed by atoms with E-state index in [1.807, 2.05) is 42.5 Å². The fourth-order valence-corrected chi connectivity index (χ4v) is 9.59. The molecule has 0 radical (unpaired) electrons. The van der Waals surface area contributed by atoms with Crippen molar-refractivity contribution in [3.8, 4) is 0 Å². The minimum absolute atomic E-state index is 0.00705. The Labute approximate surface area is 257 Å². The summed E-state index contributed by atoms with van der Waals surface area (Å²) in [5.41, 5.74) is -0.0590. The van der Waals surface area contributed by atoms with Crippen LogP contribution < -0.4 is 10.4 Å². The molecule has 3 rings (SSSR count). The van der Waals surface area contributed by atoms with Gasteiger partial charge in [-0.2, -0.15) is 0 Å². The van der Waals surface area contributed by atoms with Crippen LogP contribution in [0, 0.1) is 0 Å². The fraction of sp³-hybridized carbons (Fsp3) is 0.429. The third-order valence-electron chi connectivity index (χ3n) is 6.96. The van der Waals surface area contributed by atoms with E-state index >= 15 is 0 Å². The molecule has 0 saturated carbocycles. The van der Waals surface area contributed by atoms with Gasteiger partial charge in [0.05, 0.1) is 0 Å². The summed E-state index contributed by atoms with van der Waals surface area (Å²) in [6.45, 7) is 12.3. The Morgan fingerprint density at radius 1 is 0.721 bits per heavy atom. The summed E-state index contributed by atoms with van der Waals surface area (Å²) in [6.07, 6.45) is -2.15. The third kappa shape index (κ3) is 9.59. The maximum Gasteiger partial charge on any atom is 0.338 e. The van der Waals surface area contributed by atoms with E-state index in [2.05, 4.69) is 69.3 Å². The molecule has 43 heavy (non-hydrogen) atoms. The van der Waals surface area contributed by atoms with Crippen LogP contribution in [-0.2, 0) is 34.8 Å². The summed E-state index contributed by atoms with van der Waals surface area (Å²) in [4.78, 5) is 25.6. The normalized spacial score (nSPS) is 13.7. The Hall–Kier alpha value is -3.30. The van der Waals surface area contributed by atoms with Crippen LogP contribution in [0.4, 0.5) is 0 Å². The van der Waals surface area contributed by atoms with Crippen LogP contribution in [0.3, 0.4) is 0 Å². The number of unbranched alkanes of at least 4 members (excludes halogenated alkanes) is 1. The fourth-order valence-electron chi connectivity index (χ4n) is 4.99. The number of ether oxygens (including phenoxy) is 3. The van der Waals surface area contributed by atoms with Gasteiger partial charge in [0.15, 0.2) is 12.2 Å². The van der Waals surface area contributed by atoms with Crippen molar-refractivity contribution in [3.63, 3.8) is 0 Å². The second kappa shape index (κ2) is 15.4. The van der Waals surface area contributed by atoms with Gasteiger partial charge in [0, 0.05) is 13.2 Å². The molecular formula is C35H46O7Si. The summed E-state index contributed by atoms with van der Waals surface area (Å²) in [5.74, 6) is -1.77. The molecule has 8 heteroatoms. The molecule has 7 nitrogen and oxygen atoms in total. The molecule has 232 valence electrons. The summed E-state index contributed by atoms with van der Waals surface area (Å²) in [5, 5.41) is 13.0. The Bertz CT molecular complexity index is 1230. The van der Waals surface area contributed by atoms with E-state index in [0.29, 0.717) is 19.4 Å². The average molecular weight is 607 g/mol. The zero-order valence-electron chi connectivity index (χ0n) is 26.2. The zero-order chi connectivity index (χ0) is 31.5. The first-order valence-electron chi connectivity index (χ1n) is 14.8. The van der Waals surface area contributed by atoms with Gasteiger partial charge in [-0.05, 0) is 54.6 Å². The van der Waals surface area contributed by atoms with E-state index in [4.69, 9.17) is 18.6 Å². The molecule has 0 aliphatic heterocycles. The van der Waals surface area contributed by atoms with Crippen molar-refractivity contribution in [2.24, 2.45) is 0 Å². The number of carbonyl (C=O) groups is 2. The van der Waals surface area contributed by atoms with Crippen molar-refractivity contribution in [1.29, 1.82) is 0 Å². The second-order valence-electron chi connectivity index (χ2n) is 12.6. The molecule has 0 aromatic heterocycles. The predicted octanol–water partition coefficient (Wildman–Crippen LogP) is 5.17. The van der Waals surface area contributed by atoms with Crippen molar-refractivity contribution in [3.05, 3.63) is 96.6 Å². The highest BCUT2D eigenvalue weighted by Gasteiger charge is 2.50. The van der Waals surface area contributed by atoms with Crippen LogP contribution in [0.15, 0.2) is 91.0 Å². The van der Waals surface area contributed by atoms with Crippen molar-refractivity contribution >= 4 is 30.6 Å². The van der Waals surface area contributed by atoms with Crippen molar-refractivity contribution < 1.29 is 33.3 Å². The monoisotopic (exact) mass is 606 g/mol. The first-order valence-corrected chi connectivity index (χ1v) is 16.7. The van der Waals surface area contributed by atoms with E-state index in [1.54, 1.807) is 20.8 Å². The highest BCUT2D eigenvalue weighted by atomic mass is 28.4. The van der Waals surface area contributed by atoms with Gasteiger partial charge in [-0.3, -0.25) is 0 Å². The van der Waals surface area contributed by atoms with E-state index in [9.17, 15) is 14.7 Å². The minimum atomic E-state index is -2.66. The Balaban J connectivity index is 1.67. The van der Waals surface area contributed by atoms with Gasteiger partial charge < -0.3 is 23.7 Å². The van der Waals surface area contributed by atoms with E-state index in [-0.39, 0.29) is 18.3 Å². The molecule has 3 aromatic rings. The molecule has 2 atom stereocenters. The standard InChI is InChI=1S/C35H46O7Si/c1-34(2,3)42-32(37)30(36)31(33(38)40-26-27-18-10-7-11-19-27)39-24-16-17-25-41-43(35(4,5)6,28-20-12-8-13-21-28)29-22-14-9-15-23-29/h7-15,18-23,30-31,36H,16-17,24-26H2,1-6H3/t30-,31-/m1/s1. The molecule has 0 aliphatic carbocycles. The lowest BCUT2D eigenvalue weighted by Gasteiger charge is -2.43. The molecule has 0 unspecified atom stereocenters. The highest BCUT2D eigenvalue weighted by molar-refractivity contribution is 6.99. The average Bonchev–Trinajstić information content (AvgIpc) is 2.97. The topological polar surface area (TPSA) is 91.3 Å². The Morgan fingerprint density at radius 2 is 1.21 bits per heavy atom. The number of carbonyl (C=O) groups excluding carboxylic acids is 2. The van der Waals surface area contributed by atoms with Crippen LogP contribution in [0.25, 0.3) is 0 Å². The van der Waals surface area contributed by atoms with E-state index in [0.717, 1.165) is 5.56 Å². The van der Waals surface area contributed by atoms with Crippen LogP contribution in [0.5, 0.6) is 0 Å². The van der Waals surface area contributed by atoms with E-state index < -0.39 is 38.1 Å². The smallest absolute Gasteiger partial charge is 0.338 e. The number of hydrogen-bond acceptors (Lipinski definition) is 7. The molecule has 0 amide bonds. The minimum Gasteiger partial charge on any atom is -0.459 e. The van der Waals surface area contributed by atoms with Gasteiger partial charge >= 0.3 is 11.9 Å². The van der Waals surface area contributed by atoms with E-state index in [1.165, 1.54) is 10.4 Å². The maximum atomic E-state index is 13.0. The van der Waals surface area contributed by atoms with Gasteiger partial charge in [-0.1, -0.05) is 112 Å². The first kappa shape index (κ1) is 34.2. The van der Waals surface area contributed by atoms with Gasteiger partial charge in [0.1, 0.15) is 12.2 Å². The Kier molecular flexibility index (Phi) is 12.3. The number of benzene rings is 3. The molecule has 0 spiro atoms. The van der Waals surface area contributed by atoms with Crippen LogP contribution in [-0.4, -0.2) is 56.4 Å². The van der Waals surface area contributed by atoms with Gasteiger partial charge in [-0.15, -0.1) is 0 Å². The number of aliphatic hydroxyl groups is 1. The van der Waals surface area contributed by atoms with Gasteiger partial charge in [0.2, 0.25) is 0 Å². The summed E-state index contributed by atoms with van der Waals surface area (Å²) < 4.78 is 23.4. The molecule has 3 aromatic carbocycles. The number of rotatable bonds is 14. The predicted molar refractivity (Wildman–Crippen MR) is 171 cm³/mol. The SMILES string of the molecule is CC(C)(C)OC(=O)[C@H](O)[C@@H](OCCCCO[Si](c1ccccc1)(c1ccccc1)C(C)(C)C)C(=O)OCc1ccccc1. The molecule has 0 heterocycles. The van der Waals surface area contributed by atoms with Crippen molar-refractivity contribution in [2.75, 3.05) is 13.2 Å². The van der Waals surface area contributed by atoms with Crippen molar-refractivity contribution in [2.45, 2.75) is 83.8 Å². The lowest BCUT2D eigenvalue weighted by atomic mass is 10.1. The molecule has 0 saturated heterocycles. The third-order valence-corrected chi connectivity index (χ3v) is 12.0. The summed E-state index contributed by atoms with van der Waals surface area (Å²) in [7, 11) is -2.66. The summed E-state index contributed by atoms with van der Waals surface area (Å²) in [6, 6.07) is 30.0. The van der Waals surface area contributed by atoms with Crippen molar-refractivity contribution in [1.82, 2.24) is 0 Å². The van der Waals surface area contributed by atoms with Gasteiger partial charge in [-0.25, -0.2) is 9.59 Å². The Morgan fingerprint density at radius 3 is 1.70 bits per heavy atom. The maximum absolute atomic E-state index is 13.0. The lowest BCUT2D eigenvalue weighted by molar-refractivity contribution is -0.185. The van der Waals surface area contributed by atoms with Crippen LogP contribution in [0.2, 0.25) is 5.04 Å². The molecular weight excluding hydrogens is 560 g/mol. The molecule has 0 bridgehead atoms.